The summed E-state index contributed by atoms with van der Waals surface area (Å²) in [6, 6.07) is 5.20. The number of anilines is 1. The maximum atomic E-state index is 11.1. The minimum absolute atomic E-state index is 0.102. The van der Waals surface area contributed by atoms with Gasteiger partial charge in [-0.05, 0) is 43.7 Å². The van der Waals surface area contributed by atoms with Crippen LogP contribution in [0.15, 0.2) is 30.6 Å². The van der Waals surface area contributed by atoms with Gasteiger partial charge < -0.3 is 14.6 Å². The van der Waals surface area contributed by atoms with Gasteiger partial charge in [-0.2, -0.15) is 0 Å². The zero-order chi connectivity index (χ0) is 16.5. The molecule has 6 heteroatoms. The maximum Gasteiger partial charge on any atom is 0.354 e. The number of imidazole rings is 1. The van der Waals surface area contributed by atoms with E-state index in [1.165, 1.54) is 24.7 Å². The van der Waals surface area contributed by atoms with Crippen molar-refractivity contribution in [1.82, 2.24) is 14.5 Å². The van der Waals surface area contributed by atoms with Crippen molar-refractivity contribution in [1.29, 1.82) is 0 Å². The summed E-state index contributed by atoms with van der Waals surface area (Å²) in [6.45, 7) is 2.84. The zero-order valence-corrected chi connectivity index (χ0v) is 13.6. The number of aromatic carboxylic acids is 1. The Morgan fingerprint density at radius 1 is 1.29 bits per heavy atom. The largest absolute Gasteiger partial charge is 0.477 e. The lowest BCUT2D eigenvalue weighted by atomic mass is 9.97. The third-order valence-corrected chi connectivity index (χ3v) is 4.96. The summed E-state index contributed by atoms with van der Waals surface area (Å²) in [4.78, 5) is 22.2. The molecule has 0 unspecified atom stereocenters. The maximum absolute atomic E-state index is 11.1. The Morgan fingerprint density at radius 2 is 2.17 bits per heavy atom. The molecule has 3 heterocycles. The Morgan fingerprint density at radius 3 is 2.96 bits per heavy atom. The average molecular weight is 326 g/mol. The SMILES string of the molecule is O=C(O)c1cccc(N2CCC[C@@H](c3nccn3CC3CC3)C2)n1. The van der Waals surface area contributed by atoms with Crippen molar-refractivity contribution in [2.24, 2.45) is 5.92 Å². The molecule has 2 fully saturated rings. The van der Waals surface area contributed by atoms with Crippen LogP contribution in [0, 0.1) is 5.92 Å². The summed E-state index contributed by atoms with van der Waals surface area (Å²) in [5.41, 5.74) is 0.102. The average Bonchev–Trinajstić information content (AvgIpc) is 3.30. The highest BCUT2D eigenvalue weighted by Crippen LogP contribution is 2.33. The number of piperidine rings is 1. The number of carboxylic acid groups (broad SMARTS) is 1. The molecular formula is C18H22N4O2. The highest BCUT2D eigenvalue weighted by molar-refractivity contribution is 5.85. The first kappa shape index (κ1) is 15.2. The Balaban J connectivity index is 1.52. The molecular weight excluding hydrogens is 304 g/mol. The zero-order valence-electron chi connectivity index (χ0n) is 13.6. The third-order valence-electron chi connectivity index (χ3n) is 4.96. The van der Waals surface area contributed by atoms with Gasteiger partial charge in [0.25, 0.3) is 0 Å². The topological polar surface area (TPSA) is 71.2 Å². The highest BCUT2D eigenvalue weighted by Gasteiger charge is 2.28. The summed E-state index contributed by atoms with van der Waals surface area (Å²) in [5, 5.41) is 9.14. The van der Waals surface area contributed by atoms with Gasteiger partial charge in [0.15, 0.2) is 5.69 Å². The van der Waals surface area contributed by atoms with E-state index in [4.69, 9.17) is 5.11 Å². The van der Waals surface area contributed by atoms with Gasteiger partial charge in [0.2, 0.25) is 0 Å². The fourth-order valence-electron chi connectivity index (χ4n) is 3.53. The second-order valence-electron chi connectivity index (χ2n) is 6.85. The van der Waals surface area contributed by atoms with Crippen LogP contribution in [0.2, 0.25) is 0 Å². The molecule has 0 aromatic carbocycles. The first-order valence-electron chi connectivity index (χ1n) is 8.67. The van der Waals surface area contributed by atoms with E-state index in [2.05, 4.69) is 25.6 Å². The predicted molar refractivity (Wildman–Crippen MR) is 90.3 cm³/mol. The van der Waals surface area contributed by atoms with Gasteiger partial charge in [-0.15, -0.1) is 0 Å². The van der Waals surface area contributed by atoms with Gasteiger partial charge in [-0.3, -0.25) is 0 Å². The molecule has 0 amide bonds. The van der Waals surface area contributed by atoms with Crippen molar-refractivity contribution in [2.45, 2.75) is 38.1 Å². The fourth-order valence-corrected chi connectivity index (χ4v) is 3.53. The lowest BCUT2D eigenvalue weighted by Crippen LogP contribution is -2.36. The third kappa shape index (κ3) is 3.13. The molecule has 1 atom stereocenters. The molecule has 1 N–H and O–H groups in total. The molecule has 126 valence electrons. The van der Waals surface area contributed by atoms with Crippen molar-refractivity contribution >= 4 is 11.8 Å². The summed E-state index contributed by atoms with van der Waals surface area (Å²) in [7, 11) is 0. The molecule has 0 bridgehead atoms. The van der Waals surface area contributed by atoms with Crippen LogP contribution in [0.3, 0.4) is 0 Å². The first-order chi connectivity index (χ1) is 11.7. The van der Waals surface area contributed by atoms with Crippen LogP contribution in [0.5, 0.6) is 0 Å². The number of aromatic nitrogens is 3. The number of rotatable bonds is 5. The second kappa shape index (κ2) is 6.26. The van der Waals surface area contributed by atoms with Gasteiger partial charge in [-0.25, -0.2) is 14.8 Å². The van der Waals surface area contributed by atoms with Crippen molar-refractivity contribution in [2.75, 3.05) is 18.0 Å². The van der Waals surface area contributed by atoms with E-state index in [0.29, 0.717) is 5.92 Å². The first-order valence-corrected chi connectivity index (χ1v) is 8.67. The van der Waals surface area contributed by atoms with Crippen molar-refractivity contribution in [3.8, 4) is 0 Å². The number of pyridine rings is 1. The van der Waals surface area contributed by atoms with E-state index in [0.717, 1.165) is 44.2 Å². The molecule has 2 aliphatic rings. The van der Waals surface area contributed by atoms with Crippen molar-refractivity contribution in [3.05, 3.63) is 42.1 Å². The van der Waals surface area contributed by atoms with Crippen molar-refractivity contribution in [3.63, 3.8) is 0 Å². The van der Waals surface area contributed by atoms with Crippen LogP contribution in [0.1, 0.15) is 47.9 Å². The quantitative estimate of drug-likeness (QED) is 0.915. The van der Waals surface area contributed by atoms with Crippen LogP contribution in [0.4, 0.5) is 5.82 Å². The minimum atomic E-state index is -0.981. The normalized spacial score (nSPS) is 21.0. The Kier molecular flexibility index (Phi) is 3.96. The van der Waals surface area contributed by atoms with Crippen LogP contribution < -0.4 is 4.90 Å². The standard InChI is InChI=1S/C18H22N4O2/c23-18(24)15-4-1-5-16(20-15)21-9-2-3-14(12-21)17-19-8-10-22(17)11-13-6-7-13/h1,4-5,8,10,13-14H,2-3,6-7,9,11-12H2,(H,23,24)/t14-/m1/s1. The molecule has 6 nitrogen and oxygen atoms in total. The van der Waals surface area contributed by atoms with Gasteiger partial charge in [0.1, 0.15) is 11.6 Å². The smallest absolute Gasteiger partial charge is 0.354 e. The monoisotopic (exact) mass is 326 g/mol. The molecule has 0 radical (unpaired) electrons. The summed E-state index contributed by atoms with van der Waals surface area (Å²) in [6.07, 6.45) is 8.85. The Labute approximate surface area is 141 Å². The number of hydrogen-bond donors (Lipinski definition) is 1. The molecule has 4 rings (SSSR count). The summed E-state index contributed by atoms with van der Waals surface area (Å²) >= 11 is 0. The molecule has 2 aromatic heterocycles. The molecule has 0 spiro atoms. The van der Waals surface area contributed by atoms with Crippen LogP contribution in [0.25, 0.3) is 0 Å². The van der Waals surface area contributed by atoms with Gasteiger partial charge in [0, 0.05) is 37.9 Å². The minimum Gasteiger partial charge on any atom is -0.477 e. The van der Waals surface area contributed by atoms with Gasteiger partial charge >= 0.3 is 5.97 Å². The van der Waals surface area contributed by atoms with E-state index in [1.807, 2.05) is 12.3 Å². The Hall–Kier alpha value is -2.37. The van der Waals surface area contributed by atoms with E-state index in [-0.39, 0.29) is 5.69 Å². The molecule has 1 aliphatic carbocycles. The molecule has 2 aromatic rings. The van der Waals surface area contributed by atoms with Crippen molar-refractivity contribution < 1.29 is 9.90 Å². The number of carboxylic acids is 1. The number of hydrogen-bond acceptors (Lipinski definition) is 4. The lowest BCUT2D eigenvalue weighted by molar-refractivity contribution is 0.0690. The summed E-state index contributed by atoms with van der Waals surface area (Å²) in [5.74, 6) is 2.14. The molecule has 1 aliphatic heterocycles. The number of carbonyl (C=O) groups is 1. The van der Waals surface area contributed by atoms with E-state index < -0.39 is 5.97 Å². The highest BCUT2D eigenvalue weighted by atomic mass is 16.4. The van der Waals surface area contributed by atoms with E-state index in [9.17, 15) is 4.79 Å². The van der Waals surface area contributed by atoms with Gasteiger partial charge in [-0.1, -0.05) is 6.07 Å². The Bertz CT molecular complexity index is 738. The van der Waals surface area contributed by atoms with Crippen LogP contribution in [-0.4, -0.2) is 38.7 Å². The second-order valence-corrected chi connectivity index (χ2v) is 6.85. The molecule has 1 saturated carbocycles. The lowest BCUT2D eigenvalue weighted by Gasteiger charge is -2.33. The molecule has 1 saturated heterocycles. The van der Waals surface area contributed by atoms with E-state index >= 15 is 0 Å². The van der Waals surface area contributed by atoms with Crippen LogP contribution in [-0.2, 0) is 6.54 Å². The van der Waals surface area contributed by atoms with Crippen LogP contribution >= 0.6 is 0 Å². The van der Waals surface area contributed by atoms with Gasteiger partial charge in [0.05, 0.1) is 0 Å². The summed E-state index contributed by atoms with van der Waals surface area (Å²) < 4.78 is 2.31. The predicted octanol–water partition coefficient (Wildman–Crippen LogP) is 2.77. The van der Waals surface area contributed by atoms with E-state index in [1.54, 1.807) is 6.07 Å². The molecule has 24 heavy (non-hydrogen) atoms. The number of nitrogens with zero attached hydrogens (tertiary/aromatic N) is 4. The fraction of sp³-hybridized carbons (Fsp3) is 0.500.